The summed E-state index contributed by atoms with van der Waals surface area (Å²) in [6.07, 6.45) is 69.9. The summed E-state index contributed by atoms with van der Waals surface area (Å²) in [4.78, 5) is 38.1. The Labute approximate surface area is 407 Å². The van der Waals surface area contributed by atoms with Crippen molar-refractivity contribution in [1.82, 2.24) is 0 Å². The minimum atomic E-state index is -0.799. The first-order valence-electron chi connectivity index (χ1n) is 27.6. The third-order valence-corrected chi connectivity index (χ3v) is 11.7. The molecule has 1 atom stereocenters. The van der Waals surface area contributed by atoms with Crippen molar-refractivity contribution in [2.75, 3.05) is 13.2 Å². The molecule has 6 nitrogen and oxygen atoms in total. The maximum absolute atomic E-state index is 12.8. The van der Waals surface area contributed by atoms with Crippen LogP contribution >= 0.6 is 0 Å². The molecule has 0 aliphatic rings. The Bertz CT molecular complexity index is 1290. The van der Waals surface area contributed by atoms with Crippen molar-refractivity contribution in [2.45, 2.75) is 264 Å². The lowest BCUT2D eigenvalue weighted by Gasteiger charge is -2.18. The van der Waals surface area contributed by atoms with Crippen LogP contribution in [0.1, 0.15) is 258 Å². The summed E-state index contributed by atoms with van der Waals surface area (Å²) in [5.74, 6) is -0.939. The van der Waals surface area contributed by atoms with Gasteiger partial charge in [0.2, 0.25) is 0 Å². The second kappa shape index (κ2) is 54.2. The Morgan fingerprint density at radius 1 is 0.333 bits per heavy atom. The third kappa shape index (κ3) is 51.6. The molecule has 0 bridgehead atoms. The number of hydrogen-bond acceptors (Lipinski definition) is 6. The van der Waals surface area contributed by atoms with Gasteiger partial charge in [-0.15, -0.1) is 0 Å². The van der Waals surface area contributed by atoms with E-state index in [0.717, 1.165) is 96.3 Å². The monoisotopic (exact) mass is 919 g/mol. The molecule has 378 valence electrons. The molecule has 0 aliphatic carbocycles. The summed E-state index contributed by atoms with van der Waals surface area (Å²) >= 11 is 0. The molecule has 0 rings (SSSR count). The second-order valence-electron chi connectivity index (χ2n) is 18.2. The molecule has 0 N–H and O–H groups in total. The summed E-state index contributed by atoms with van der Waals surface area (Å²) in [7, 11) is 0. The van der Waals surface area contributed by atoms with Crippen LogP contribution in [0.3, 0.4) is 0 Å². The molecule has 0 saturated carbocycles. The van der Waals surface area contributed by atoms with Gasteiger partial charge in [0.1, 0.15) is 13.2 Å². The zero-order valence-corrected chi connectivity index (χ0v) is 43.2. The van der Waals surface area contributed by atoms with E-state index in [9.17, 15) is 14.4 Å². The van der Waals surface area contributed by atoms with Gasteiger partial charge in [-0.3, -0.25) is 14.4 Å². The summed E-state index contributed by atoms with van der Waals surface area (Å²) in [5.41, 5.74) is 0. The van der Waals surface area contributed by atoms with E-state index in [1.807, 2.05) is 0 Å². The van der Waals surface area contributed by atoms with E-state index >= 15 is 0 Å². The quantitative estimate of drug-likeness (QED) is 0.0199. The lowest BCUT2D eigenvalue weighted by atomic mass is 10.1. The summed E-state index contributed by atoms with van der Waals surface area (Å²) in [6.45, 7) is 6.45. The average Bonchev–Trinajstić information content (AvgIpc) is 3.31. The predicted octanol–water partition coefficient (Wildman–Crippen LogP) is 18.4. The zero-order valence-electron chi connectivity index (χ0n) is 43.2. The number of unbranched alkanes of at least 4 members (excludes halogenated alkanes) is 27. The highest BCUT2D eigenvalue weighted by molar-refractivity contribution is 5.71. The Morgan fingerprint density at radius 3 is 1.09 bits per heavy atom. The van der Waals surface area contributed by atoms with Gasteiger partial charge in [-0.2, -0.15) is 0 Å². The smallest absolute Gasteiger partial charge is 0.306 e. The van der Waals surface area contributed by atoms with E-state index in [-0.39, 0.29) is 31.1 Å². The number of carbonyl (C=O) groups excluding carboxylic acids is 3. The number of carbonyl (C=O) groups is 3. The second-order valence-corrected chi connectivity index (χ2v) is 18.2. The van der Waals surface area contributed by atoms with Crippen LogP contribution in [-0.4, -0.2) is 37.2 Å². The fourth-order valence-electron chi connectivity index (χ4n) is 7.52. The van der Waals surface area contributed by atoms with Gasteiger partial charge in [0, 0.05) is 19.3 Å². The number of esters is 3. The molecule has 0 heterocycles. The van der Waals surface area contributed by atoms with Crippen molar-refractivity contribution in [3.63, 3.8) is 0 Å². The molecule has 66 heavy (non-hydrogen) atoms. The standard InChI is InChI=1S/C60H102O6/c1-4-7-10-13-16-19-22-25-28-30-33-35-38-41-44-47-50-53-59(62)65-56-57(55-64-58(61)52-49-46-43-40-37-34-31-27-24-21-18-15-12-9-6-3)66-60(63)54-51-48-45-42-39-36-32-29-26-23-20-17-14-11-8-5-2/h9,12,15-16,18-19,21,24-25,28-29,32,36,39,57H,4-8,10-11,13-14,17,20,22-23,26-27,30-31,33-35,37-38,40-56H2,1-3H3/b12-9-,18-15-,19-16-,24-21-,28-25-,32-29-,39-36-. The molecular weight excluding hydrogens is 817 g/mol. The van der Waals surface area contributed by atoms with Gasteiger partial charge in [0.25, 0.3) is 0 Å². The highest BCUT2D eigenvalue weighted by Crippen LogP contribution is 2.14. The van der Waals surface area contributed by atoms with Crippen LogP contribution in [-0.2, 0) is 28.6 Å². The average molecular weight is 919 g/mol. The van der Waals surface area contributed by atoms with Crippen molar-refractivity contribution < 1.29 is 28.6 Å². The predicted molar refractivity (Wildman–Crippen MR) is 284 cm³/mol. The van der Waals surface area contributed by atoms with Crippen molar-refractivity contribution in [3.05, 3.63) is 85.1 Å². The lowest BCUT2D eigenvalue weighted by Crippen LogP contribution is -2.30. The first kappa shape index (κ1) is 62.6. The molecule has 0 saturated heterocycles. The molecule has 0 aromatic carbocycles. The van der Waals surface area contributed by atoms with Crippen LogP contribution in [0.25, 0.3) is 0 Å². The molecule has 0 aromatic heterocycles. The number of hydrogen-bond donors (Lipinski definition) is 0. The van der Waals surface area contributed by atoms with Crippen molar-refractivity contribution in [2.24, 2.45) is 0 Å². The van der Waals surface area contributed by atoms with E-state index in [1.165, 1.54) is 122 Å². The SMILES string of the molecule is CC\C=C/C=C\C=C/CCCCCCCCCC(=O)OCC(COC(=O)CCCCCCCCC/C=C\C/C=C\CCCCC)OC(=O)CCCCC/C=C\C=C/CCCCCCCCC. The molecule has 0 spiro atoms. The maximum Gasteiger partial charge on any atom is 0.306 e. The number of allylic oxidation sites excluding steroid dienone is 14. The lowest BCUT2D eigenvalue weighted by molar-refractivity contribution is -0.167. The first-order chi connectivity index (χ1) is 32.5. The van der Waals surface area contributed by atoms with Crippen molar-refractivity contribution in [1.29, 1.82) is 0 Å². The first-order valence-corrected chi connectivity index (χ1v) is 27.6. The van der Waals surface area contributed by atoms with Crippen molar-refractivity contribution in [3.8, 4) is 0 Å². The normalized spacial score (nSPS) is 12.7. The molecule has 0 aromatic rings. The summed E-state index contributed by atoms with van der Waals surface area (Å²) in [5, 5.41) is 0. The Hall–Kier alpha value is -3.41. The third-order valence-electron chi connectivity index (χ3n) is 11.7. The fraction of sp³-hybridized carbons (Fsp3) is 0.717. The molecule has 0 radical (unpaired) electrons. The van der Waals surface area contributed by atoms with E-state index in [4.69, 9.17) is 14.2 Å². The van der Waals surface area contributed by atoms with Gasteiger partial charge < -0.3 is 14.2 Å². The molecule has 0 amide bonds. The highest BCUT2D eigenvalue weighted by Gasteiger charge is 2.19. The van der Waals surface area contributed by atoms with E-state index in [2.05, 4.69) is 106 Å². The van der Waals surface area contributed by atoms with Crippen LogP contribution in [0.5, 0.6) is 0 Å². The summed E-state index contributed by atoms with van der Waals surface area (Å²) < 4.78 is 16.8. The fourth-order valence-corrected chi connectivity index (χ4v) is 7.52. The van der Waals surface area contributed by atoms with Gasteiger partial charge in [0.15, 0.2) is 6.10 Å². The minimum absolute atomic E-state index is 0.0956. The molecule has 1 unspecified atom stereocenters. The number of rotatable bonds is 49. The van der Waals surface area contributed by atoms with Gasteiger partial charge >= 0.3 is 17.9 Å². The van der Waals surface area contributed by atoms with Crippen LogP contribution in [0, 0.1) is 0 Å². The molecular formula is C60H102O6. The largest absolute Gasteiger partial charge is 0.462 e. The maximum atomic E-state index is 12.8. The Balaban J connectivity index is 4.46. The van der Waals surface area contributed by atoms with Crippen LogP contribution in [0.4, 0.5) is 0 Å². The topological polar surface area (TPSA) is 78.9 Å². The van der Waals surface area contributed by atoms with Crippen LogP contribution < -0.4 is 0 Å². The van der Waals surface area contributed by atoms with Gasteiger partial charge in [0.05, 0.1) is 0 Å². The summed E-state index contributed by atoms with van der Waals surface area (Å²) in [6, 6.07) is 0. The van der Waals surface area contributed by atoms with Crippen LogP contribution in [0.15, 0.2) is 85.1 Å². The van der Waals surface area contributed by atoms with Crippen molar-refractivity contribution >= 4 is 17.9 Å². The van der Waals surface area contributed by atoms with Gasteiger partial charge in [-0.25, -0.2) is 0 Å². The Kier molecular flexibility index (Phi) is 51.4. The van der Waals surface area contributed by atoms with Crippen LogP contribution in [0.2, 0.25) is 0 Å². The Morgan fingerprint density at radius 2 is 0.652 bits per heavy atom. The molecule has 0 fully saturated rings. The van der Waals surface area contributed by atoms with E-state index in [0.29, 0.717) is 19.3 Å². The highest BCUT2D eigenvalue weighted by atomic mass is 16.6. The van der Waals surface area contributed by atoms with Gasteiger partial charge in [-0.1, -0.05) is 228 Å². The minimum Gasteiger partial charge on any atom is -0.462 e. The van der Waals surface area contributed by atoms with E-state index < -0.39 is 6.10 Å². The van der Waals surface area contributed by atoms with E-state index in [1.54, 1.807) is 0 Å². The number of ether oxygens (including phenoxy) is 3. The zero-order chi connectivity index (χ0) is 47.9. The van der Waals surface area contributed by atoms with Gasteiger partial charge in [-0.05, 0) is 96.3 Å². The molecule has 0 aliphatic heterocycles. The molecule has 6 heteroatoms.